The van der Waals surface area contributed by atoms with Gasteiger partial charge in [-0.15, -0.1) is 0 Å². The van der Waals surface area contributed by atoms with Gasteiger partial charge in [0.25, 0.3) is 0 Å². The number of pyridine rings is 1. The Morgan fingerprint density at radius 2 is 2.10 bits per heavy atom. The van der Waals surface area contributed by atoms with E-state index >= 15 is 0 Å². The summed E-state index contributed by atoms with van der Waals surface area (Å²) < 4.78 is 7.69. The highest BCUT2D eigenvalue weighted by Crippen LogP contribution is 2.33. The van der Waals surface area contributed by atoms with Crippen LogP contribution in [-0.4, -0.2) is 11.6 Å². The lowest BCUT2D eigenvalue weighted by atomic mass is 10.2. The van der Waals surface area contributed by atoms with E-state index in [9.17, 15) is 0 Å². The fourth-order valence-corrected chi connectivity index (χ4v) is 3.34. The van der Waals surface area contributed by atoms with Crippen molar-refractivity contribution in [2.45, 2.75) is 20.4 Å². The maximum Gasteiger partial charge on any atom is 0.138 e. The van der Waals surface area contributed by atoms with Crippen molar-refractivity contribution in [3.63, 3.8) is 0 Å². The second-order valence-corrected chi connectivity index (χ2v) is 6.07. The number of ether oxygens (including phenoxy) is 1. The molecule has 20 heavy (non-hydrogen) atoms. The highest BCUT2D eigenvalue weighted by atomic mass is 79.9. The molecule has 0 radical (unpaired) electrons. The molecule has 1 N–H and O–H groups in total. The molecular weight excluding hydrogens is 384 g/mol. The Morgan fingerprint density at radius 1 is 1.30 bits per heavy atom. The summed E-state index contributed by atoms with van der Waals surface area (Å²) in [7, 11) is 0. The first-order chi connectivity index (χ1) is 9.61. The monoisotopic (exact) mass is 398 g/mol. The number of aromatic nitrogens is 1. The molecule has 0 unspecified atom stereocenters. The van der Waals surface area contributed by atoms with Crippen LogP contribution in [-0.2, 0) is 6.54 Å². The van der Waals surface area contributed by atoms with Crippen LogP contribution in [0.1, 0.15) is 18.2 Å². The van der Waals surface area contributed by atoms with Gasteiger partial charge in [-0.2, -0.15) is 0 Å². The van der Waals surface area contributed by atoms with E-state index in [4.69, 9.17) is 4.74 Å². The van der Waals surface area contributed by atoms with E-state index in [-0.39, 0.29) is 0 Å². The highest BCUT2D eigenvalue weighted by Gasteiger charge is 2.10. The number of aryl methyl sites for hydroxylation is 1. The van der Waals surface area contributed by atoms with Gasteiger partial charge in [0, 0.05) is 22.8 Å². The van der Waals surface area contributed by atoms with Gasteiger partial charge in [0.1, 0.15) is 5.75 Å². The highest BCUT2D eigenvalue weighted by molar-refractivity contribution is 9.11. The molecular formula is C15H16Br2N2O. The normalized spacial score (nSPS) is 10.4. The largest absolute Gasteiger partial charge is 0.492 e. The molecule has 1 heterocycles. The molecule has 0 bridgehead atoms. The third-order valence-corrected chi connectivity index (χ3v) is 3.90. The zero-order valence-corrected chi connectivity index (χ0v) is 14.6. The molecule has 0 fully saturated rings. The zero-order valence-electron chi connectivity index (χ0n) is 11.4. The Morgan fingerprint density at radius 3 is 2.80 bits per heavy atom. The van der Waals surface area contributed by atoms with Crippen molar-refractivity contribution in [3.8, 4) is 5.75 Å². The van der Waals surface area contributed by atoms with Crippen molar-refractivity contribution in [2.24, 2.45) is 0 Å². The van der Waals surface area contributed by atoms with Gasteiger partial charge in [-0.05, 0) is 54.0 Å². The van der Waals surface area contributed by atoms with E-state index in [2.05, 4.69) is 48.2 Å². The van der Waals surface area contributed by atoms with Crippen molar-refractivity contribution < 1.29 is 4.74 Å². The molecule has 1 aromatic carbocycles. The van der Waals surface area contributed by atoms with Crippen LogP contribution in [0, 0.1) is 6.92 Å². The Balaban J connectivity index is 2.22. The smallest absolute Gasteiger partial charge is 0.138 e. The number of nitrogens with zero attached hydrogens (tertiary/aromatic N) is 1. The van der Waals surface area contributed by atoms with Crippen LogP contribution < -0.4 is 10.1 Å². The lowest BCUT2D eigenvalue weighted by Crippen LogP contribution is -2.05. The molecule has 0 aliphatic rings. The van der Waals surface area contributed by atoms with Gasteiger partial charge in [-0.25, -0.2) is 0 Å². The minimum Gasteiger partial charge on any atom is -0.492 e. The van der Waals surface area contributed by atoms with Crippen LogP contribution in [0.25, 0.3) is 0 Å². The number of halogens is 2. The molecule has 0 amide bonds. The molecule has 0 saturated carbocycles. The van der Waals surface area contributed by atoms with Crippen molar-refractivity contribution in [3.05, 3.63) is 50.7 Å². The number of anilines is 1. The standard InChI is InChI=1S/C15H16Br2N2O/c1-3-20-15-11(7-12(16)8-13(15)17)9-19-14-5-4-6-18-10(14)2/h4-8,19H,3,9H2,1-2H3. The van der Waals surface area contributed by atoms with Crippen LogP contribution in [0.15, 0.2) is 39.4 Å². The molecule has 0 aliphatic heterocycles. The molecule has 0 spiro atoms. The lowest BCUT2D eigenvalue weighted by molar-refractivity contribution is 0.334. The number of nitrogens with one attached hydrogen (secondary N) is 1. The second kappa shape index (κ2) is 7.09. The maximum absolute atomic E-state index is 5.72. The predicted molar refractivity (Wildman–Crippen MR) is 89.3 cm³/mol. The Kier molecular flexibility index (Phi) is 5.43. The minimum atomic E-state index is 0.638. The topological polar surface area (TPSA) is 34.1 Å². The summed E-state index contributed by atoms with van der Waals surface area (Å²) in [6.07, 6.45) is 1.79. The van der Waals surface area contributed by atoms with Gasteiger partial charge in [-0.3, -0.25) is 4.98 Å². The summed E-state index contributed by atoms with van der Waals surface area (Å²) in [5.41, 5.74) is 3.11. The first-order valence-corrected chi connectivity index (χ1v) is 7.96. The first-order valence-electron chi connectivity index (χ1n) is 6.38. The van der Waals surface area contributed by atoms with Crippen LogP contribution in [0.4, 0.5) is 5.69 Å². The predicted octanol–water partition coefficient (Wildman–Crippen LogP) is 4.93. The van der Waals surface area contributed by atoms with Gasteiger partial charge in [-0.1, -0.05) is 15.9 Å². The van der Waals surface area contributed by atoms with E-state index in [1.165, 1.54) is 0 Å². The Bertz CT molecular complexity index is 602. The van der Waals surface area contributed by atoms with E-state index in [0.717, 1.165) is 31.6 Å². The van der Waals surface area contributed by atoms with Crippen molar-refractivity contribution in [1.29, 1.82) is 0 Å². The second-order valence-electron chi connectivity index (χ2n) is 4.30. The first kappa shape index (κ1) is 15.3. The molecule has 1 aromatic heterocycles. The van der Waals surface area contributed by atoms with Gasteiger partial charge >= 0.3 is 0 Å². The molecule has 3 nitrogen and oxygen atoms in total. The fraction of sp³-hybridized carbons (Fsp3) is 0.267. The van der Waals surface area contributed by atoms with Gasteiger partial charge in [0.15, 0.2) is 0 Å². The van der Waals surface area contributed by atoms with E-state index in [0.29, 0.717) is 13.2 Å². The van der Waals surface area contributed by atoms with E-state index in [1.807, 2.05) is 32.0 Å². The molecule has 2 rings (SSSR count). The van der Waals surface area contributed by atoms with Gasteiger partial charge in [0.05, 0.1) is 22.5 Å². The quantitative estimate of drug-likeness (QED) is 0.774. The number of hydrogen-bond acceptors (Lipinski definition) is 3. The SMILES string of the molecule is CCOc1c(Br)cc(Br)cc1CNc1cccnc1C. The summed E-state index contributed by atoms with van der Waals surface area (Å²) in [5, 5.41) is 3.40. The molecule has 0 atom stereocenters. The van der Waals surface area contributed by atoms with Crippen molar-refractivity contribution >= 4 is 37.5 Å². The van der Waals surface area contributed by atoms with Gasteiger partial charge in [0.2, 0.25) is 0 Å². The van der Waals surface area contributed by atoms with Gasteiger partial charge < -0.3 is 10.1 Å². The molecule has 5 heteroatoms. The summed E-state index contributed by atoms with van der Waals surface area (Å²) in [6, 6.07) is 8.00. The average Bonchev–Trinajstić information content (AvgIpc) is 2.41. The van der Waals surface area contributed by atoms with E-state index < -0.39 is 0 Å². The summed E-state index contributed by atoms with van der Waals surface area (Å²) in [5.74, 6) is 0.879. The van der Waals surface area contributed by atoms with Crippen molar-refractivity contribution in [2.75, 3.05) is 11.9 Å². The minimum absolute atomic E-state index is 0.638. The molecule has 0 aliphatic carbocycles. The van der Waals surface area contributed by atoms with Crippen LogP contribution in [0.3, 0.4) is 0 Å². The summed E-state index contributed by atoms with van der Waals surface area (Å²) >= 11 is 7.06. The Hall–Kier alpha value is -1.07. The third-order valence-electron chi connectivity index (χ3n) is 2.85. The molecule has 0 saturated heterocycles. The number of benzene rings is 1. The number of hydrogen-bond donors (Lipinski definition) is 1. The number of rotatable bonds is 5. The lowest BCUT2D eigenvalue weighted by Gasteiger charge is -2.15. The van der Waals surface area contributed by atoms with Crippen LogP contribution in [0.2, 0.25) is 0 Å². The Labute approximate surface area is 136 Å². The third kappa shape index (κ3) is 3.73. The molecule has 106 valence electrons. The average molecular weight is 400 g/mol. The molecule has 2 aromatic rings. The summed E-state index contributed by atoms with van der Waals surface area (Å²) in [4.78, 5) is 4.27. The maximum atomic E-state index is 5.72. The zero-order chi connectivity index (χ0) is 14.5. The van der Waals surface area contributed by atoms with Crippen molar-refractivity contribution in [1.82, 2.24) is 4.98 Å². The van der Waals surface area contributed by atoms with Crippen LogP contribution >= 0.6 is 31.9 Å². The van der Waals surface area contributed by atoms with Crippen LogP contribution in [0.5, 0.6) is 5.75 Å². The summed E-state index contributed by atoms with van der Waals surface area (Å²) in [6.45, 7) is 5.29. The fourth-order valence-electron chi connectivity index (χ4n) is 1.91. The van der Waals surface area contributed by atoms with E-state index in [1.54, 1.807) is 6.20 Å².